The van der Waals surface area contributed by atoms with Gasteiger partial charge in [-0.15, -0.1) is 0 Å². The minimum atomic E-state index is -0.856. The average molecular weight is 915 g/mol. The van der Waals surface area contributed by atoms with Gasteiger partial charge in [0.15, 0.2) is 0 Å². The number of aliphatic hydroxyl groups is 2. The molecule has 0 fully saturated rings. The molecule has 65 heavy (non-hydrogen) atoms. The molecule has 0 aliphatic carbocycles. The molecular formula is C59H111NO5. The maximum atomic E-state index is 12.5. The molecule has 0 aromatic carbocycles. The summed E-state index contributed by atoms with van der Waals surface area (Å²) >= 11 is 0. The van der Waals surface area contributed by atoms with E-state index in [1.54, 1.807) is 6.08 Å². The Hall–Kier alpha value is -1.92. The van der Waals surface area contributed by atoms with E-state index in [0.717, 1.165) is 83.5 Å². The highest BCUT2D eigenvalue weighted by molar-refractivity contribution is 5.76. The summed E-state index contributed by atoms with van der Waals surface area (Å²) in [5.74, 6) is -0.0992. The van der Waals surface area contributed by atoms with Crippen LogP contribution in [0.15, 0.2) is 36.5 Å². The molecule has 0 heterocycles. The lowest BCUT2D eigenvalue weighted by molar-refractivity contribution is -0.143. The summed E-state index contributed by atoms with van der Waals surface area (Å²) in [6.45, 7) is 4.86. The molecule has 0 saturated carbocycles. The van der Waals surface area contributed by atoms with Gasteiger partial charge in [-0.25, -0.2) is 0 Å². The van der Waals surface area contributed by atoms with Crippen LogP contribution < -0.4 is 5.32 Å². The molecule has 0 aromatic rings. The van der Waals surface area contributed by atoms with Crippen molar-refractivity contribution in [3.63, 3.8) is 0 Å². The number of unbranched alkanes of at least 4 members (excludes halogenated alkanes) is 38. The predicted octanol–water partition coefficient (Wildman–Crippen LogP) is 17.6. The molecule has 0 saturated heterocycles. The smallest absolute Gasteiger partial charge is 0.305 e. The number of hydrogen-bond acceptors (Lipinski definition) is 5. The Morgan fingerprint density at radius 2 is 0.769 bits per heavy atom. The van der Waals surface area contributed by atoms with Crippen molar-refractivity contribution in [2.75, 3.05) is 13.2 Å². The molecule has 0 aromatic heterocycles. The van der Waals surface area contributed by atoms with Crippen molar-refractivity contribution in [3.8, 4) is 0 Å². The minimum absolute atomic E-state index is 0.0168. The van der Waals surface area contributed by atoms with Crippen LogP contribution in [0.4, 0.5) is 0 Å². The van der Waals surface area contributed by atoms with Crippen LogP contribution in [0.5, 0.6) is 0 Å². The molecule has 6 nitrogen and oxygen atoms in total. The quantitative estimate of drug-likeness (QED) is 0.0321. The fourth-order valence-corrected chi connectivity index (χ4v) is 8.72. The van der Waals surface area contributed by atoms with Crippen LogP contribution in [0, 0.1) is 0 Å². The second kappa shape index (κ2) is 54.7. The summed E-state index contributed by atoms with van der Waals surface area (Å²) in [4.78, 5) is 24.4. The van der Waals surface area contributed by atoms with Gasteiger partial charge in [-0.1, -0.05) is 256 Å². The van der Waals surface area contributed by atoms with E-state index in [1.807, 2.05) is 6.08 Å². The summed E-state index contributed by atoms with van der Waals surface area (Å²) in [5, 5.41) is 23.1. The largest absolute Gasteiger partial charge is 0.466 e. The highest BCUT2D eigenvalue weighted by Gasteiger charge is 2.18. The first kappa shape index (κ1) is 63.1. The Bertz CT molecular complexity index is 1060. The molecular weight excluding hydrogens is 803 g/mol. The summed E-state index contributed by atoms with van der Waals surface area (Å²) in [6, 6.07) is -0.640. The number of allylic oxidation sites excluding steroid dienone is 5. The summed E-state index contributed by atoms with van der Waals surface area (Å²) in [5.41, 5.74) is 0. The van der Waals surface area contributed by atoms with Gasteiger partial charge in [0.2, 0.25) is 5.91 Å². The van der Waals surface area contributed by atoms with Gasteiger partial charge in [0.05, 0.1) is 25.4 Å². The van der Waals surface area contributed by atoms with E-state index < -0.39 is 12.1 Å². The molecule has 0 rings (SSSR count). The summed E-state index contributed by atoms with van der Waals surface area (Å²) in [7, 11) is 0. The Kier molecular flexibility index (Phi) is 53.1. The molecule has 0 radical (unpaired) electrons. The van der Waals surface area contributed by atoms with Crippen molar-refractivity contribution in [2.45, 2.75) is 315 Å². The van der Waals surface area contributed by atoms with E-state index in [4.69, 9.17) is 4.74 Å². The van der Waals surface area contributed by atoms with Crippen LogP contribution in [0.1, 0.15) is 303 Å². The lowest BCUT2D eigenvalue weighted by atomic mass is 10.0. The zero-order chi connectivity index (χ0) is 47.2. The second-order valence-corrected chi connectivity index (χ2v) is 19.6. The van der Waals surface area contributed by atoms with Crippen LogP contribution in [0.25, 0.3) is 0 Å². The van der Waals surface area contributed by atoms with Crippen molar-refractivity contribution in [1.82, 2.24) is 5.32 Å². The van der Waals surface area contributed by atoms with Crippen LogP contribution >= 0.6 is 0 Å². The number of esters is 1. The van der Waals surface area contributed by atoms with Crippen molar-refractivity contribution >= 4 is 11.9 Å². The number of amides is 1. The lowest BCUT2D eigenvalue weighted by Crippen LogP contribution is -2.45. The number of aliphatic hydroxyl groups excluding tert-OH is 2. The summed E-state index contributed by atoms with van der Waals surface area (Å²) < 4.78 is 5.43. The van der Waals surface area contributed by atoms with Gasteiger partial charge in [-0.3, -0.25) is 9.59 Å². The molecule has 0 spiro atoms. The third-order valence-corrected chi connectivity index (χ3v) is 13.2. The normalized spacial score (nSPS) is 12.9. The Labute approximate surface area is 404 Å². The average Bonchev–Trinajstić information content (AvgIpc) is 3.31. The Morgan fingerprint density at radius 1 is 0.431 bits per heavy atom. The van der Waals surface area contributed by atoms with Crippen molar-refractivity contribution < 1.29 is 24.5 Å². The van der Waals surface area contributed by atoms with E-state index >= 15 is 0 Å². The first-order valence-electron chi connectivity index (χ1n) is 28.8. The molecule has 1 amide bonds. The van der Waals surface area contributed by atoms with Gasteiger partial charge in [0.25, 0.3) is 0 Å². The van der Waals surface area contributed by atoms with E-state index in [-0.39, 0.29) is 18.5 Å². The van der Waals surface area contributed by atoms with Crippen LogP contribution in [-0.2, 0) is 14.3 Å². The van der Waals surface area contributed by atoms with Gasteiger partial charge in [-0.05, 0) is 70.6 Å². The second-order valence-electron chi connectivity index (χ2n) is 19.6. The molecule has 2 unspecified atom stereocenters. The minimum Gasteiger partial charge on any atom is -0.466 e. The maximum Gasteiger partial charge on any atom is 0.305 e. The fraction of sp³-hybridized carbons (Fsp3) is 0.864. The summed E-state index contributed by atoms with van der Waals surface area (Å²) in [6.07, 6.45) is 67.4. The number of rotatable bonds is 53. The monoisotopic (exact) mass is 914 g/mol. The molecule has 3 N–H and O–H groups in total. The third kappa shape index (κ3) is 51.3. The molecule has 6 heteroatoms. The standard InChI is InChI=1S/C59H111NO5/c1-3-5-7-9-11-13-15-16-17-18-19-20-22-25-28-32-35-39-43-47-51-57(62)56(55-61)60-58(63)52-48-44-40-36-33-29-26-23-21-24-27-30-34-38-42-46-50-54-65-59(64)53-49-45-41-37-31-14-12-10-8-6-4-2/h21,24,30,34,47,51,56-57,61-62H,3-20,22-23,25-29,31-33,35-46,48-50,52-55H2,1-2H3,(H,60,63)/b24-21-,34-30-,51-47+. The number of nitrogens with one attached hydrogen (secondary N) is 1. The van der Waals surface area contributed by atoms with Crippen molar-refractivity contribution in [1.29, 1.82) is 0 Å². The van der Waals surface area contributed by atoms with Gasteiger partial charge in [0.1, 0.15) is 0 Å². The zero-order valence-corrected chi connectivity index (χ0v) is 43.5. The zero-order valence-electron chi connectivity index (χ0n) is 43.5. The van der Waals surface area contributed by atoms with E-state index in [0.29, 0.717) is 19.4 Å². The van der Waals surface area contributed by atoms with Crippen LogP contribution in [0.3, 0.4) is 0 Å². The van der Waals surface area contributed by atoms with E-state index in [9.17, 15) is 19.8 Å². The third-order valence-electron chi connectivity index (χ3n) is 13.2. The Morgan fingerprint density at radius 3 is 1.17 bits per heavy atom. The molecule has 0 aliphatic rings. The van der Waals surface area contributed by atoms with Gasteiger partial charge in [-0.2, -0.15) is 0 Å². The molecule has 2 atom stereocenters. The van der Waals surface area contributed by atoms with Crippen molar-refractivity contribution in [2.24, 2.45) is 0 Å². The molecule has 0 bridgehead atoms. The number of ether oxygens (including phenoxy) is 1. The SMILES string of the molecule is CCCCCCCCCCCCCCCCCCCC/C=C/C(O)C(CO)NC(=O)CCCCCCCCC/C=C\C/C=C\CCCCCOC(=O)CCCCCCCCCCCCC. The Balaban J connectivity index is 3.54. The molecule has 382 valence electrons. The van der Waals surface area contributed by atoms with Crippen molar-refractivity contribution in [3.05, 3.63) is 36.5 Å². The molecule has 0 aliphatic heterocycles. The van der Waals surface area contributed by atoms with Gasteiger partial charge < -0.3 is 20.3 Å². The first-order chi connectivity index (χ1) is 32.0. The number of carbonyl (C=O) groups excluding carboxylic acids is 2. The van der Waals surface area contributed by atoms with E-state index in [1.165, 1.54) is 193 Å². The van der Waals surface area contributed by atoms with Gasteiger partial charge >= 0.3 is 5.97 Å². The topological polar surface area (TPSA) is 95.9 Å². The lowest BCUT2D eigenvalue weighted by Gasteiger charge is -2.20. The maximum absolute atomic E-state index is 12.5. The number of carbonyl (C=O) groups is 2. The van der Waals surface area contributed by atoms with Gasteiger partial charge in [0, 0.05) is 12.8 Å². The number of hydrogen-bond donors (Lipinski definition) is 3. The fourth-order valence-electron chi connectivity index (χ4n) is 8.72. The van der Waals surface area contributed by atoms with Crippen LogP contribution in [0.2, 0.25) is 0 Å². The predicted molar refractivity (Wildman–Crippen MR) is 283 cm³/mol. The highest BCUT2D eigenvalue weighted by Crippen LogP contribution is 2.16. The highest BCUT2D eigenvalue weighted by atomic mass is 16.5. The first-order valence-corrected chi connectivity index (χ1v) is 28.8. The van der Waals surface area contributed by atoms with Crippen LogP contribution in [-0.4, -0.2) is 47.4 Å². The van der Waals surface area contributed by atoms with E-state index in [2.05, 4.69) is 43.5 Å².